The Morgan fingerprint density at radius 3 is 2.21 bits per heavy atom. The fourth-order valence-corrected chi connectivity index (χ4v) is 3.50. The molecule has 0 atom stereocenters. The number of hydrogen-bond donors (Lipinski definition) is 0. The predicted molar refractivity (Wildman–Crippen MR) is 113 cm³/mol. The van der Waals surface area contributed by atoms with Gasteiger partial charge in [-0.2, -0.15) is 15.8 Å². The van der Waals surface area contributed by atoms with E-state index in [-0.39, 0.29) is 16.9 Å². The second-order valence-corrected chi connectivity index (χ2v) is 7.39. The summed E-state index contributed by atoms with van der Waals surface area (Å²) in [5.41, 5.74) is 1.97. The molecular weight excluding hydrogens is 360 g/mol. The maximum Gasteiger partial charge on any atom is 0.172 e. The standard InChI is InChI=1S/C24H20N4O/c1-24(2)21(20(15-27)23(29-24)17(13-25)14-26)11-9-16-10-12-22(28(3)4)19-8-6-5-7-18(16)19/h5-12H,1-4H3/b11-9+. The number of nitriles is 3. The highest BCUT2D eigenvalue weighted by molar-refractivity contribution is 5.99. The summed E-state index contributed by atoms with van der Waals surface area (Å²) >= 11 is 0. The van der Waals surface area contributed by atoms with Gasteiger partial charge in [-0.25, -0.2) is 0 Å². The molecule has 3 rings (SSSR count). The van der Waals surface area contributed by atoms with Crippen LogP contribution in [0.1, 0.15) is 19.4 Å². The maximum absolute atomic E-state index is 9.67. The molecular formula is C24H20N4O. The minimum Gasteiger partial charge on any atom is -0.480 e. The molecule has 0 amide bonds. The first-order valence-electron chi connectivity index (χ1n) is 9.10. The SMILES string of the molecule is CN(C)c1ccc(/C=C/C2=C(C#N)C(=C(C#N)C#N)OC2(C)C)c2ccccc12. The Labute approximate surface area is 170 Å². The molecule has 1 aliphatic heterocycles. The van der Waals surface area contributed by atoms with E-state index in [4.69, 9.17) is 4.74 Å². The number of anilines is 1. The Kier molecular flexibility index (Phi) is 5.14. The molecule has 0 radical (unpaired) electrons. The van der Waals surface area contributed by atoms with Crippen molar-refractivity contribution >= 4 is 22.5 Å². The van der Waals surface area contributed by atoms with Gasteiger partial charge in [0.1, 0.15) is 29.4 Å². The van der Waals surface area contributed by atoms with E-state index >= 15 is 0 Å². The number of allylic oxidation sites excluding steroid dienone is 2. The van der Waals surface area contributed by atoms with Crippen LogP contribution in [0.4, 0.5) is 5.69 Å². The van der Waals surface area contributed by atoms with Gasteiger partial charge in [-0.15, -0.1) is 0 Å². The van der Waals surface area contributed by atoms with Crippen LogP contribution in [0.5, 0.6) is 0 Å². The summed E-state index contributed by atoms with van der Waals surface area (Å²) in [7, 11) is 4.02. The van der Waals surface area contributed by atoms with E-state index in [9.17, 15) is 15.8 Å². The van der Waals surface area contributed by atoms with Crippen LogP contribution in [0.25, 0.3) is 16.8 Å². The van der Waals surface area contributed by atoms with Crippen molar-refractivity contribution in [2.24, 2.45) is 0 Å². The highest BCUT2D eigenvalue weighted by atomic mass is 16.5. The van der Waals surface area contributed by atoms with Gasteiger partial charge in [-0.1, -0.05) is 42.5 Å². The highest BCUT2D eigenvalue weighted by Crippen LogP contribution is 2.40. The lowest BCUT2D eigenvalue weighted by molar-refractivity contribution is 0.0954. The average Bonchev–Trinajstić information content (AvgIpc) is 2.96. The number of nitrogens with zero attached hydrogens (tertiary/aromatic N) is 4. The molecule has 0 bridgehead atoms. The van der Waals surface area contributed by atoms with Crippen LogP contribution in [0, 0.1) is 34.0 Å². The molecule has 0 aliphatic carbocycles. The van der Waals surface area contributed by atoms with Gasteiger partial charge < -0.3 is 9.64 Å². The number of rotatable bonds is 3. The van der Waals surface area contributed by atoms with E-state index in [1.165, 1.54) is 0 Å². The lowest BCUT2D eigenvalue weighted by atomic mass is 9.93. The van der Waals surface area contributed by atoms with Crippen molar-refractivity contribution in [1.82, 2.24) is 0 Å². The normalized spacial score (nSPS) is 15.0. The van der Waals surface area contributed by atoms with E-state index in [1.54, 1.807) is 0 Å². The van der Waals surface area contributed by atoms with Crippen LogP contribution < -0.4 is 4.90 Å². The van der Waals surface area contributed by atoms with Crippen LogP contribution in [0.2, 0.25) is 0 Å². The van der Waals surface area contributed by atoms with E-state index in [0.29, 0.717) is 5.57 Å². The maximum atomic E-state index is 9.67. The molecule has 0 aromatic heterocycles. The monoisotopic (exact) mass is 380 g/mol. The minimum atomic E-state index is -0.824. The molecule has 5 nitrogen and oxygen atoms in total. The summed E-state index contributed by atoms with van der Waals surface area (Å²) < 4.78 is 5.82. The largest absolute Gasteiger partial charge is 0.480 e. The van der Waals surface area contributed by atoms with E-state index in [1.807, 2.05) is 70.4 Å². The van der Waals surface area contributed by atoms with Gasteiger partial charge in [0.05, 0.1) is 0 Å². The number of ether oxygens (including phenoxy) is 1. The third-order valence-corrected chi connectivity index (χ3v) is 4.91. The van der Waals surface area contributed by atoms with Crippen molar-refractivity contribution in [2.45, 2.75) is 19.4 Å². The molecule has 142 valence electrons. The molecule has 5 heteroatoms. The predicted octanol–water partition coefficient (Wildman–Crippen LogP) is 4.85. The molecule has 1 heterocycles. The summed E-state index contributed by atoms with van der Waals surface area (Å²) in [5, 5.41) is 30.3. The van der Waals surface area contributed by atoms with E-state index < -0.39 is 5.60 Å². The average molecular weight is 380 g/mol. The first kappa shape index (κ1) is 19.7. The first-order chi connectivity index (χ1) is 13.8. The van der Waals surface area contributed by atoms with Gasteiger partial charge in [0.25, 0.3) is 0 Å². The van der Waals surface area contributed by atoms with E-state index in [2.05, 4.69) is 29.2 Å². The molecule has 0 fully saturated rings. The number of benzene rings is 2. The zero-order valence-electron chi connectivity index (χ0n) is 16.8. The van der Waals surface area contributed by atoms with Crippen LogP contribution in [-0.4, -0.2) is 19.7 Å². The zero-order chi connectivity index (χ0) is 21.2. The number of fused-ring (bicyclic) bond motifs is 1. The summed E-state index contributed by atoms with van der Waals surface area (Å²) in [6.45, 7) is 3.63. The Hall–Kier alpha value is -4.01. The summed E-state index contributed by atoms with van der Waals surface area (Å²) in [4.78, 5) is 2.07. The van der Waals surface area contributed by atoms with Crippen molar-refractivity contribution < 1.29 is 4.74 Å². The molecule has 0 N–H and O–H groups in total. The Bertz CT molecular complexity index is 1190. The fourth-order valence-electron chi connectivity index (χ4n) is 3.50. The number of hydrogen-bond acceptors (Lipinski definition) is 5. The van der Waals surface area contributed by atoms with Gasteiger partial charge in [0.15, 0.2) is 11.3 Å². The second kappa shape index (κ2) is 7.55. The molecule has 2 aromatic rings. The Morgan fingerprint density at radius 1 is 0.966 bits per heavy atom. The third kappa shape index (κ3) is 3.45. The molecule has 0 saturated carbocycles. The topological polar surface area (TPSA) is 83.8 Å². The van der Waals surface area contributed by atoms with Gasteiger partial charge in [-0.3, -0.25) is 0 Å². The van der Waals surface area contributed by atoms with Crippen molar-refractivity contribution in [3.63, 3.8) is 0 Å². The van der Waals surface area contributed by atoms with Crippen molar-refractivity contribution in [1.29, 1.82) is 15.8 Å². The lowest BCUT2D eigenvalue weighted by Crippen LogP contribution is -2.20. The van der Waals surface area contributed by atoms with Gasteiger partial charge >= 0.3 is 0 Å². The molecule has 29 heavy (non-hydrogen) atoms. The lowest BCUT2D eigenvalue weighted by Gasteiger charge is -2.20. The minimum absolute atomic E-state index is 0.0509. The molecule has 2 aromatic carbocycles. The van der Waals surface area contributed by atoms with Crippen LogP contribution >= 0.6 is 0 Å². The van der Waals surface area contributed by atoms with Gasteiger partial charge in [0, 0.05) is 30.7 Å². The molecule has 0 saturated heterocycles. The van der Waals surface area contributed by atoms with Crippen molar-refractivity contribution in [3.05, 3.63) is 70.5 Å². The third-order valence-electron chi connectivity index (χ3n) is 4.91. The molecule has 0 unspecified atom stereocenters. The van der Waals surface area contributed by atoms with Gasteiger partial charge in [0.2, 0.25) is 0 Å². The van der Waals surface area contributed by atoms with Gasteiger partial charge in [-0.05, 0) is 30.9 Å². The quantitative estimate of drug-likeness (QED) is 0.711. The molecule has 1 aliphatic rings. The van der Waals surface area contributed by atoms with Crippen LogP contribution in [0.15, 0.2) is 65.0 Å². The summed E-state index contributed by atoms with van der Waals surface area (Å²) in [6, 6.07) is 18.0. The fraction of sp³-hybridized carbons (Fsp3) is 0.208. The second-order valence-electron chi connectivity index (χ2n) is 7.39. The summed E-state index contributed by atoms with van der Waals surface area (Å²) in [6.07, 6.45) is 3.79. The highest BCUT2D eigenvalue weighted by Gasteiger charge is 2.38. The van der Waals surface area contributed by atoms with E-state index in [0.717, 1.165) is 22.0 Å². The van der Waals surface area contributed by atoms with Crippen LogP contribution in [0.3, 0.4) is 0 Å². The first-order valence-corrected chi connectivity index (χ1v) is 9.10. The molecule has 0 spiro atoms. The summed E-state index contributed by atoms with van der Waals surface area (Å²) in [5.74, 6) is 0.0509. The van der Waals surface area contributed by atoms with Crippen LogP contribution in [-0.2, 0) is 4.74 Å². The smallest absolute Gasteiger partial charge is 0.172 e. The zero-order valence-corrected chi connectivity index (χ0v) is 16.8. The Morgan fingerprint density at radius 2 is 1.62 bits per heavy atom. The Balaban J connectivity index is 2.17. The van der Waals surface area contributed by atoms with Crippen molar-refractivity contribution in [2.75, 3.05) is 19.0 Å². The van der Waals surface area contributed by atoms with Crippen molar-refractivity contribution in [3.8, 4) is 18.2 Å².